The maximum atomic E-state index is 9.83. The Morgan fingerprint density at radius 1 is 1.29 bits per heavy atom. The molecule has 6 heteroatoms. The minimum atomic E-state index is -0.516. The van der Waals surface area contributed by atoms with Crippen LogP contribution < -0.4 is 10.2 Å². The molecule has 0 spiro atoms. The van der Waals surface area contributed by atoms with E-state index in [1.807, 2.05) is 39.0 Å². The Bertz CT molecular complexity index is 790. The number of nitrogens with zero attached hydrogens (tertiary/aromatic N) is 1. The van der Waals surface area contributed by atoms with Crippen LogP contribution in [0.2, 0.25) is 5.02 Å². The highest BCUT2D eigenvalue weighted by Crippen LogP contribution is 2.31. The maximum absolute atomic E-state index is 9.83. The van der Waals surface area contributed by atoms with Gasteiger partial charge < -0.3 is 9.84 Å². The monoisotopic (exact) mass is 346 g/mol. The number of amidine groups is 1. The second kappa shape index (κ2) is 6.71. The fourth-order valence-electron chi connectivity index (χ4n) is 2.45. The van der Waals surface area contributed by atoms with Crippen molar-refractivity contribution in [1.82, 2.24) is 5.48 Å². The summed E-state index contributed by atoms with van der Waals surface area (Å²) in [6.07, 6.45) is -0.464. The van der Waals surface area contributed by atoms with Gasteiger partial charge in [0.15, 0.2) is 5.84 Å². The molecule has 24 heavy (non-hydrogen) atoms. The topological polar surface area (TPSA) is 63.1 Å². The Labute approximate surface area is 145 Å². The molecule has 2 aromatic rings. The van der Waals surface area contributed by atoms with Crippen LogP contribution in [-0.4, -0.2) is 17.0 Å². The molecule has 0 amide bonds. The van der Waals surface area contributed by atoms with E-state index in [2.05, 4.69) is 10.5 Å². The van der Waals surface area contributed by atoms with Crippen molar-refractivity contribution in [3.8, 4) is 11.5 Å². The number of aromatic hydroxyl groups is 1. The van der Waals surface area contributed by atoms with Gasteiger partial charge in [0.25, 0.3) is 0 Å². The number of hydrogen-bond acceptors (Lipinski definition) is 5. The molecule has 0 saturated carbocycles. The molecule has 2 aromatic carbocycles. The van der Waals surface area contributed by atoms with E-state index in [4.69, 9.17) is 21.2 Å². The third kappa shape index (κ3) is 3.32. The molecule has 1 unspecified atom stereocenters. The van der Waals surface area contributed by atoms with Crippen molar-refractivity contribution < 1.29 is 14.7 Å². The fraction of sp³-hybridized carbons (Fsp3) is 0.278. The van der Waals surface area contributed by atoms with E-state index in [-0.39, 0.29) is 11.9 Å². The van der Waals surface area contributed by atoms with Gasteiger partial charge in [0.1, 0.15) is 11.5 Å². The van der Waals surface area contributed by atoms with Gasteiger partial charge in [-0.3, -0.25) is 0 Å². The third-order valence-electron chi connectivity index (χ3n) is 3.69. The summed E-state index contributed by atoms with van der Waals surface area (Å²) in [7, 11) is 0. The Hall–Kier alpha value is -2.24. The van der Waals surface area contributed by atoms with Crippen LogP contribution >= 0.6 is 11.6 Å². The molecule has 1 aliphatic rings. The minimum absolute atomic E-state index is 0.0525. The van der Waals surface area contributed by atoms with Crippen LogP contribution in [0.25, 0.3) is 0 Å². The molecule has 1 atom stereocenters. The summed E-state index contributed by atoms with van der Waals surface area (Å²) in [4.78, 5) is 10.1. The first kappa shape index (κ1) is 16.6. The smallest absolute Gasteiger partial charge is 0.203 e. The summed E-state index contributed by atoms with van der Waals surface area (Å²) in [5.74, 6) is 1.44. The third-order valence-corrected chi connectivity index (χ3v) is 3.99. The molecule has 0 aliphatic carbocycles. The average Bonchev–Trinajstić information content (AvgIpc) is 3.01. The molecule has 0 radical (unpaired) electrons. The molecule has 3 rings (SSSR count). The van der Waals surface area contributed by atoms with Crippen LogP contribution in [0.5, 0.6) is 11.5 Å². The first-order valence-corrected chi connectivity index (χ1v) is 8.08. The van der Waals surface area contributed by atoms with Crippen molar-refractivity contribution in [2.24, 2.45) is 4.99 Å². The number of rotatable bonds is 4. The lowest BCUT2D eigenvalue weighted by molar-refractivity contribution is 0.0372. The minimum Gasteiger partial charge on any atom is -0.508 e. The van der Waals surface area contributed by atoms with Gasteiger partial charge in [-0.25, -0.2) is 15.3 Å². The zero-order valence-electron chi connectivity index (χ0n) is 13.7. The second-order valence-electron chi connectivity index (χ2n) is 5.85. The van der Waals surface area contributed by atoms with Crippen LogP contribution in [0, 0.1) is 6.92 Å². The Morgan fingerprint density at radius 2 is 2.08 bits per heavy atom. The van der Waals surface area contributed by atoms with E-state index >= 15 is 0 Å². The van der Waals surface area contributed by atoms with E-state index in [1.165, 1.54) is 0 Å². The predicted molar refractivity (Wildman–Crippen MR) is 93.6 cm³/mol. The highest BCUT2D eigenvalue weighted by atomic mass is 35.5. The normalized spacial score (nSPS) is 16.9. The summed E-state index contributed by atoms with van der Waals surface area (Å²) in [5.41, 5.74) is 5.18. The van der Waals surface area contributed by atoms with Crippen molar-refractivity contribution in [2.45, 2.75) is 33.1 Å². The summed E-state index contributed by atoms with van der Waals surface area (Å²) < 4.78 is 5.63. The molecule has 5 nitrogen and oxygen atoms in total. The van der Waals surface area contributed by atoms with Crippen LogP contribution in [0.15, 0.2) is 41.4 Å². The first-order chi connectivity index (χ1) is 11.5. The quantitative estimate of drug-likeness (QED) is 0.874. The van der Waals surface area contributed by atoms with Gasteiger partial charge in [-0.05, 0) is 50.6 Å². The molecule has 0 fully saturated rings. The number of nitrogens with one attached hydrogen (secondary N) is 1. The highest BCUT2D eigenvalue weighted by Gasteiger charge is 2.23. The predicted octanol–water partition coefficient (Wildman–Crippen LogP) is 4.12. The van der Waals surface area contributed by atoms with E-state index in [1.54, 1.807) is 18.2 Å². The van der Waals surface area contributed by atoms with Gasteiger partial charge in [0.05, 0.1) is 11.1 Å². The van der Waals surface area contributed by atoms with Gasteiger partial charge in [0, 0.05) is 11.1 Å². The van der Waals surface area contributed by atoms with Gasteiger partial charge >= 0.3 is 0 Å². The number of phenols is 1. The lowest BCUT2D eigenvalue weighted by Gasteiger charge is -2.12. The Kier molecular flexibility index (Phi) is 4.64. The molecule has 2 N–H and O–H groups in total. The van der Waals surface area contributed by atoms with Crippen molar-refractivity contribution >= 4 is 17.4 Å². The second-order valence-corrected chi connectivity index (χ2v) is 6.26. The molecule has 0 bridgehead atoms. The van der Waals surface area contributed by atoms with Gasteiger partial charge in [0.2, 0.25) is 6.23 Å². The first-order valence-electron chi connectivity index (χ1n) is 7.70. The lowest BCUT2D eigenvalue weighted by atomic mass is 10.1. The molecular formula is C18H19ClN2O3. The Balaban J connectivity index is 1.86. The summed E-state index contributed by atoms with van der Waals surface area (Å²) in [6, 6.07) is 10.8. The average molecular weight is 347 g/mol. The number of hydrogen-bond donors (Lipinski definition) is 2. The largest absolute Gasteiger partial charge is 0.508 e. The van der Waals surface area contributed by atoms with Gasteiger partial charge in [-0.1, -0.05) is 23.7 Å². The van der Waals surface area contributed by atoms with E-state index in [0.29, 0.717) is 16.6 Å². The zero-order chi connectivity index (χ0) is 17.3. The molecular weight excluding hydrogens is 328 g/mol. The number of benzene rings is 2. The van der Waals surface area contributed by atoms with Crippen molar-refractivity contribution in [2.75, 3.05) is 0 Å². The van der Waals surface area contributed by atoms with Gasteiger partial charge in [-0.15, -0.1) is 0 Å². The maximum Gasteiger partial charge on any atom is 0.203 e. The lowest BCUT2D eigenvalue weighted by Crippen LogP contribution is -2.18. The number of phenolic OH excluding ortho intramolecular Hbond substituents is 1. The van der Waals surface area contributed by atoms with Crippen molar-refractivity contribution in [3.05, 3.63) is 58.1 Å². The van der Waals surface area contributed by atoms with Crippen molar-refractivity contribution in [3.63, 3.8) is 0 Å². The molecule has 0 saturated heterocycles. The van der Waals surface area contributed by atoms with Crippen LogP contribution in [0.4, 0.5) is 0 Å². The molecule has 0 aromatic heterocycles. The highest BCUT2D eigenvalue weighted by molar-refractivity contribution is 6.32. The van der Waals surface area contributed by atoms with E-state index in [0.717, 1.165) is 16.7 Å². The number of ether oxygens (including phenoxy) is 1. The molecule has 126 valence electrons. The van der Waals surface area contributed by atoms with Gasteiger partial charge in [-0.2, -0.15) is 0 Å². The van der Waals surface area contributed by atoms with E-state index < -0.39 is 6.23 Å². The Morgan fingerprint density at radius 3 is 2.79 bits per heavy atom. The summed E-state index contributed by atoms with van der Waals surface area (Å²) in [6.45, 7) is 5.72. The van der Waals surface area contributed by atoms with Crippen LogP contribution in [0.1, 0.15) is 36.8 Å². The zero-order valence-corrected chi connectivity index (χ0v) is 14.5. The molecule has 1 heterocycles. The SMILES string of the molecule is Cc1c(O)cccc1C1N=C(c2ccc(OC(C)C)c(Cl)c2)NO1. The number of halogens is 1. The van der Waals surface area contributed by atoms with Crippen molar-refractivity contribution in [1.29, 1.82) is 0 Å². The standard InChI is InChI=1S/C18H19ClN2O3/c1-10(2)23-16-8-7-12(9-14(16)19)17-20-18(24-21-17)13-5-4-6-15(22)11(13)3/h4-10,18,22H,1-3H3,(H,20,21). The van der Waals surface area contributed by atoms with Crippen LogP contribution in [-0.2, 0) is 4.84 Å². The summed E-state index contributed by atoms with van der Waals surface area (Å²) >= 11 is 6.27. The summed E-state index contributed by atoms with van der Waals surface area (Å²) in [5, 5.41) is 10.3. The van der Waals surface area contributed by atoms with E-state index in [9.17, 15) is 5.11 Å². The van der Waals surface area contributed by atoms with Crippen LogP contribution in [0.3, 0.4) is 0 Å². The number of hydroxylamine groups is 1. The number of aliphatic imine (C=N–C) groups is 1. The molecule has 1 aliphatic heterocycles. The fourth-order valence-corrected chi connectivity index (χ4v) is 2.68.